The van der Waals surface area contributed by atoms with Gasteiger partial charge in [-0.3, -0.25) is 0 Å². The second-order valence-electron chi connectivity index (χ2n) is 7.43. The maximum Gasteiger partial charge on any atom is 0.175 e. The van der Waals surface area contributed by atoms with Crippen molar-refractivity contribution < 1.29 is 18.4 Å². The number of sulfone groups is 1. The molecule has 1 aliphatic heterocycles. The van der Waals surface area contributed by atoms with E-state index in [9.17, 15) is 13.6 Å². The predicted octanol–water partition coefficient (Wildman–Crippen LogP) is 4.18. The van der Waals surface area contributed by atoms with Crippen molar-refractivity contribution in [3.05, 3.63) is 65.2 Å². The van der Waals surface area contributed by atoms with Gasteiger partial charge in [0.1, 0.15) is 0 Å². The molecule has 1 saturated heterocycles. The smallest absolute Gasteiger partial charge is 0.175 e. The molecule has 1 fully saturated rings. The highest BCUT2D eigenvalue weighted by molar-refractivity contribution is 7.90. The summed E-state index contributed by atoms with van der Waals surface area (Å²) < 4.78 is 29.0. The van der Waals surface area contributed by atoms with Crippen LogP contribution in [-0.2, 0) is 14.6 Å². The summed E-state index contributed by atoms with van der Waals surface area (Å²) >= 11 is 0. The van der Waals surface area contributed by atoms with E-state index in [2.05, 4.69) is 24.2 Å². The molecular weight excluding hydrogens is 374 g/mol. The van der Waals surface area contributed by atoms with Crippen LogP contribution in [0.15, 0.2) is 58.6 Å². The number of rotatable bonds is 6. The third-order valence-electron chi connectivity index (χ3n) is 5.51. The fourth-order valence-electron chi connectivity index (χ4n) is 3.86. The lowest BCUT2D eigenvalue weighted by Gasteiger charge is -2.27. The van der Waals surface area contributed by atoms with Gasteiger partial charge in [-0.15, -0.1) is 0 Å². The van der Waals surface area contributed by atoms with Gasteiger partial charge in [-0.2, -0.15) is 0 Å². The van der Waals surface area contributed by atoms with Crippen molar-refractivity contribution in [3.8, 4) is 0 Å². The highest BCUT2D eigenvalue weighted by atomic mass is 32.2. The molecule has 0 aromatic heterocycles. The lowest BCUT2D eigenvalue weighted by molar-refractivity contribution is 0.0814. The van der Waals surface area contributed by atoms with Gasteiger partial charge in [0, 0.05) is 37.7 Å². The molecule has 0 aliphatic carbocycles. The van der Waals surface area contributed by atoms with Gasteiger partial charge < -0.3 is 9.94 Å². The molecule has 1 atom stereocenters. The molecule has 0 bridgehead atoms. The molecule has 1 aliphatic rings. The van der Waals surface area contributed by atoms with Gasteiger partial charge in [0.05, 0.1) is 10.6 Å². The van der Waals surface area contributed by atoms with Crippen LogP contribution in [0.3, 0.4) is 0 Å². The third-order valence-corrected chi connectivity index (χ3v) is 6.64. The van der Waals surface area contributed by atoms with Crippen LogP contribution in [0.4, 0.5) is 0 Å². The first kappa shape index (κ1) is 20.6. The second-order valence-corrected chi connectivity index (χ2v) is 9.45. The van der Waals surface area contributed by atoms with Crippen molar-refractivity contribution in [1.29, 1.82) is 0 Å². The number of aryl methyl sites for hydroxylation is 1. The van der Waals surface area contributed by atoms with Crippen molar-refractivity contribution in [2.75, 3.05) is 19.5 Å². The van der Waals surface area contributed by atoms with E-state index in [1.54, 1.807) is 12.1 Å². The summed E-state index contributed by atoms with van der Waals surface area (Å²) in [4.78, 5) is 0.306. The van der Waals surface area contributed by atoms with Gasteiger partial charge >= 0.3 is 0 Å². The van der Waals surface area contributed by atoms with Crippen LogP contribution < -0.4 is 0 Å². The maximum absolute atomic E-state index is 11.8. The van der Waals surface area contributed by atoms with Crippen molar-refractivity contribution >= 4 is 15.5 Å². The van der Waals surface area contributed by atoms with Crippen LogP contribution in [0.2, 0.25) is 0 Å². The van der Waals surface area contributed by atoms with Gasteiger partial charge in [-0.1, -0.05) is 41.6 Å². The van der Waals surface area contributed by atoms with E-state index in [-0.39, 0.29) is 11.8 Å². The summed E-state index contributed by atoms with van der Waals surface area (Å²) in [5.74, 6) is 0.198. The first-order chi connectivity index (χ1) is 13.4. The summed E-state index contributed by atoms with van der Waals surface area (Å²) in [5, 5.41) is 13.4. The Hall–Kier alpha value is -2.18. The van der Waals surface area contributed by atoms with Crippen LogP contribution in [-0.4, -0.2) is 38.8 Å². The zero-order valence-electron chi connectivity index (χ0n) is 16.3. The van der Waals surface area contributed by atoms with E-state index in [0.717, 1.165) is 35.2 Å². The number of hydrogen-bond acceptors (Lipinski definition) is 5. The summed E-state index contributed by atoms with van der Waals surface area (Å²) in [5.41, 5.74) is 4.10. The molecule has 0 spiro atoms. The Bertz CT molecular complexity index is 929. The molecule has 0 amide bonds. The molecule has 2 aromatic rings. The molecule has 150 valence electrons. The number of oxime groups is 1. The summed E-state index contributed by atoms with van der Waals surface area (Å²) in [6, 6.07) is 15.2. The first-order valence-electron chi connectivity index (χ1n) is 9.54. The molecule has 5 nitrogen and oxygen atoms in total. The van der Waals surface area contributed by atoms with Gasteiger partial charge in [-0.05, 0) is 48.6 Å². The Kier molecular flexibility index (Phi) is 6.52. The Labute approximate surface area is 167 Å². The van der Waals surface area contributed by atoms with Crippen molar-refractivity contribution in [2.24, 2.45) is 11.1 Å². The van der Waals surface area contributed by atoms with Crippen molar-refractivity contribution in [1.82, 2.24) is 0 Å². The average Bonchev–Trinajstić information content (AvgIpc) is 2.70. The average molecular weight is 402 g/mol. The zero-order valence-corrected chi connectivity index (χ0v) is 17.2. The van der Waals surface area contributed by atoms with E-state index in [1.165, 1.54) is 6.26 Å². The molecule has 6 heteroatoms. The molecule has 3 rings (SSSR count). The van der Waals surface area contributed by atoms with Gasteiger partial charge in [0.25, 0.3) is 0 Å². The number of hydrogen-bond donors (Lipinski definition) is 1. The van der Waals surface area contributed by atoms with Gasteiger partial charge in [0.15, 0.2) is 9.84 Å². The quantitative estimate of drug-likeness (QED) is 0.448. The lowest BCUT2D eigenvalue weighted by Crippen LogP contribution is -2.25. The molecule has 1 heterocycles. The highest BCUT2D eigenvalue weighted by Gasteiger charge is 2.26. The summed E-state index contributed by atoms with van der Waals surface area (Å²) in [7, 11) is -3.24. The maximum atomic E-state index is 11.8. The highest BCUT2D eigenvalue weighted by Crippen LogP contribution is 2.33. The van der Waals surface area contributed by atoms with Crippen molar-refractivity contribution in [3.63, 3.8) is 0 Å². The Morgan fingerprint density at radius 3 is 2.36 bits per heavy atom. The van der Waals surface area contributed by atoms with E-state index in [4.69, 9.17) is 4.74 Å². The molecular formula is C22H27NO4S. The van der Waals surface area contributed by atoms with E-state index >= 15 is 0 Å². The third kappa shape index (κ3) is 4.80. The first-order valence-corrected chi connectivity index (χ1v) is 11.4. The number of benzene rings is 2. The van der Waals surface area contributed by atoms with E-state index in [0.29, 0.717) is 24.5 Å². The number of nitrogens with zero attached hydrogens (tertiary/aromatic N) is 1. The van der Waals surface area contributed by atoms with Crippen LogP contribution in [0.1, 0.15) is 41.9 Å². The molecule has 2 aromatic carbocycles. The normalized spacial score (nSPS) is 17.4. The van der Waals surface area contributed by atoms with Crippen LogP contribution in [0, 0.1) is 12.8 Å². The van der Waals surface area contributed by atoms with Gasteiger partial charge in [0.2, 0.25) is 0 Å². The molecule has 0 saturated carbocycles. The standard InChI is InChI=1S/C22H27NO4S/c1-16-5-3-4-6-20(16)21(15-22(23-24)18-11-13-27-14-12-18)17-7-9-19(10-8-17)28(2,25)26/h3-10,18,21,24H,11-15H2,1-2H3/b23-22+. The Balaban J connectivity index is 1.97. The van der Waals surface area contributed by atoms with Crippen LogP contribution in [0.25, 0.3) is 0 Å². The number of ether oxygens (including phenoxy) is 1. The summed E-state index contributed by atoms with van der Waals surface area (Å²) in [6.07, 6.45) is 3.51. The fraction of sp³-hybridized carbons (Fsp3) is 0.409. The fourth-order valence-corrected chi connectivity index (χ4v) is 4.49. The van der Waals surface area contributed by atoms with E-state index < -0.39 is 9.84 Å². The SMILES string of the molecule is Cc1ccccc1C(C/C(=N\O)C1CCOCC1)c1ccc(S(C)(=O)=O)cc1. The molecule has 28 heavy (non-hydrogen) atoms. The molecule has 1 unspecified atom stereocenters. The Morgan fingerprint density at radius 1 is 1.14 bits per heavy atom. The van der Waals surface area contributed by atoms with E-state index in [1.807, 2.05) is 24.3 Å². The van der Waals surface area contributed by atoms with Gasteiger partial charge in [-0.25, -0.2) is 8.42 Å². The predicted molar refractivity (Wildman–Crippen MR) is 110 cm³/mol. The monoisotopic (exact) mass is 401 g/mol. The minimum absolute atomic E-state index is 0.0106. The topological polar surface area (TPSA) is 76.0 Å². The van der Waals surface area contributed by atoms with Crippen LogP contribution in [0.5, 0.6) is 0 Å². The van der Waals surface area contributed by atoms with Crippen molar-refractivity contribution in [2.45, 2.75) is 37.0 Å². The Morgan fingerprint density at radius 2 is 1.79 bits per heavy atom. The lowest BCUT2D eigenvalue weighted by atomic mass is 9.81. The molecule has 1 N–H and O–H groups in total. The largest absolute Gasteiger partial charge is 0.411 e. The molecule has 0 radical (unpaired) electrons. The second kappa shape index (κ2) is 8.88. The van der Waals surface area contributed by atoms with Crippen LogP contribution >= 0.6 is 0 Å². The minimum Gasteiger partial charge on any atom is -0.411 e. The zero-order chi connectivity index (χ0) is 20.1. The minimum atomic E-state index is -3.24. The summed E-state index contributed by atoms with van der Waals surface area (Å²) in [6.45, 7) is 3.43.